The van der Waals surface area contributed by atoms with Gasteiger partial charge in [0.25, 0.3) is 0 Å². The third kappa shape index (κ3) is 5.81. The quantitative estimate of drug-likeness (QED) is 0.427. The Bertz CT molecular complexity index is 891. The standard InChI is InChI=1S/C22H25ClO6/c1-6-28-20-11-15(10-17(23)22(20)27-5)7-8-21(24)29-13-16-12-19(26-4)18(25-3)9-14(16)2/h7-12H,6,13H2,1-5H3/b8-7+. The van der Waals surface area contributed by atoms with E-state index >= 15 is 0 Å². The smallest absolute Gasteiger partial charge is 0.331 e. The highest BCUT2D eigenvalue weighted by molar-refractivity contribution is 6.32. The number of ether oxygens (including phenoxy) is 5. The molecule has 0 atom stereocenters. The van der Waals surface area contributed by atoms with Crippen LogP contribution in [-0.4, -0.2) is 33.9 Å². The zero-order valence-electron chi connectivity index (χ0n) is 17.2. The van der Waals surface area contributed by atoms with Crippen LogP contribution >= 0.6 is 11.6 Å². The Morgan fingerprint density at radius 1 is 1.00 bits per heavy atom. The number of halogens is 1. The molecule has 0 aliphatic heterocycles. The zero-order valence-corrected chi connectivity index (χ0v) is 18.0. The second-order valence-corrected chi connectivity index (χ2v) is 6.45. The first kappa shape index (κ1) is 22.4. The first-order chi connectivity index (χ1) is 13.9. The van der Waals surface area contributed by atoms with Crippen LogP contribution in [-0.2, 0) is 16.1 Å². The van der Waals surface area contributed by atoms with Gasteiger partial charge in [-0.05, 0) is 60.9 Å². The molecule has 6 nitrogen and oxygen atoms in total. The lowest BCUT2D eigenvalue weighted by Crippen LogP contribution is -2.03. The fraction of sp³-hybridized carbons (Fsp3) is 0.318. The van der Waals surface area contributed by atoms with Crippen molar-refractivity contribution in [3.05, 3.63) is 52.1 Å². The number of rotatable bonds is 9. The average molecular weight is 421 g/mol. The van der Waals surface area contributed by atoms with Gasteiger partial charge in [-0.3, -0.25) is 0 Å². The minimum Gasteiger partial charge on any atom is -0.493 e. The Morgan fingerprint density at radius 2 is 1.69 bits per heavy atom. The molecule has 0 bridgehead atoms. The predicted octanol–water partition coefficient (Wildman–Crippen LogP) is 4.83. The molecule has 0 saturated heterocycles. The van der Waals surface area contributed by atoms with Crippen molar-refractivity contribution in [2.24, 2.45) is 0 Å². The molecule has 156 valence electrons. The van der Waals surface area contributed by atoms with Crippen molar-refractivity contribution >= 4 is 23.6 Å². The lowest BCUT2D eigenvalue weighted by atomic mass is 10.1. The van der Waals surface area contributed by atoms with Crippen molar-refractivity contribution in [3.63, 3.8) is 0 Å². The van der Waals surface area contributed by atoms with Crippen LogP contribution in [0.3, 0.4) is 0 Å². The Labute approximate surface area is 175 Å². The molecule has 0 aromatic heterocycles. The van der Waals surface area contributed by atoms with Gasteiger partial charge in [-0.2, -0.15) is 0 Å². The van der Waals surface area contributed by atoms with Gasteiger partial charge in [0, 0.05) is 6.08 Å². The van der Waals surface area contributed by atoms with Gasteiger partial charge in [0.15, 0.2) is 23.0 Å². The van der Waals surface area contributed by atoms with Crippen molar-refractivity contribution in [2.75, 3.05) is 27.9 Å². The third-order valence-electron chi connectivity index (χ3n) is 4.16. The molecule has 0 fully saturated rings. The predicted molar refractivity (Wildman–Crippen MR) is 112 cm³/mol. The lowest BCUT2D eigenvalue weighted by molar-refractivity contribution is -0.138. The Hall–Kier alpha value is -2.86. The molecule has 7 heteroatoms. The van der Waals surface area contributed by atoms with Gasteiger partial charge in [0.05, 0.1) is 33.0 Å². The molecule has 0 spiro atoms. The molecule has 0 radical (unpaired) electrons. The summed E-state index contributed by atoms with van der Waals surface area (Å²) in [4.78, 5) is 12.1. The number of carbonyl (C=O) groups is 1. The van der Waals surface area contributed by atoms with Crippen LogP contribution in [0.15, 0.2) is 30.3 Å². The highest BCUT2D eigenvalue weighted by Gasteiger charge is 2.12. The molecule has 0 unspecified atom stereocenters. The van der Waals surface area contributed by atoms with E-state index in [0.717, 1.165) is 11.1 Å². The first-order valence-corrected chi connectivity index (χ1v) is 9.37. The maximum Gasteiger partial charge on any atom is 0.331 e. The van der Waals surface area contributed by atoms with Crippen LogP contribution in [0.2, 0.25) is 5.02 Å². The van der Waals surface area contributed by atoms with Gasteiger partial charge in [0.2, 0.25) is 0 Å². The molecule has 29 heavy (non-hydrogen) atoms. The van der Waals surface area contributed by atoms with Crippen molar-refractivity contribution in [1.29, 1.82) is 0 Å². The molecule has 0 heterocycles. The fourth-order valence-electron chi connectivity index (χ4n) is 2.68. The summed E-state index contributed by atoms with van der Waals surface area (Å²) in [5.74, 6) is 1.69. The molecule has 2 rings (SSSR count). The number of hydrogen-bond acceptors (Lipinski definition) is 6. The van der Waals surface area contributed by atoms with Crippen LogP contribution < -0.4 is 18.9 Å². The van der Waals surface area contributed by atoms with Crippen molar-refractivity contribution in [3.8, 4) is 23.0 Å². The summed E-state index contributed by atoms with van der Waals surface area (Å²) in [5, 5.41) is 0.396. The van der Waals surface area contributed by atoms with Gasteiger partial charge >= 0.3 is 5.97 Å². The topological polar surface area (TPSA) is 63.2 Å². The van der Waals surface area contributed by atoms with Gasteiger partial charge < -0.3 is 23.7 Å². The maximum atomic E-state index is 12.1. The molecular formula is C22H25ClO6. The highest BCUT2D eigenvalue weighted by atomic mass is 35.5. The summed E-state index contributed by atoms with van der Waals surface area (Å²) < 4.78 is 26.7. The molecule has 2 aromatic rings. The van der Waals surface area contributed by atoms with Gasteiger partial charge in [-0.15, -0.1) is 0 Å². The van der Waals surface area contributed by atoms with E-state index in [1.54, 1.807) is 38.5 Å². The summed E-state index contributed by atoms with van der Waals surface area (Å²) in [6, 6.07) is 7.07. The Morgan fingerprint density at radius 3 is 2.31 bits per heavy atom. The number of methoxy groups -OCH3 is 3. The third-order valence-corrected chi connectivity index (χ3v) is 4.44. The second kappa shape index (κ2) is 10.6. The molecule has 2 aromatic carbocycles. The minimum absolute atomic E-state index is 0.114. The monoisotopic (exact) mass is 420 g/mol. The van der Waals surface area contributed by atoms with Crippen molar-refractivity contribution in [1.82, 2.24) is 0 Å². The number of benzene rings is 2. The zero-order chi connectivity index (χ0) is 21.4. The van der Waals surface area contributed by atoms with Crippen LogP contribution in [0.4, 0.5) is 0 Å². The second-order valence-electron chi connectivity index (χ2n) is 6.04. The average Bonchev–Trinajstić information content (AvgIpc) is 2.71. The largest absolute Gasteiger partial charge is 0.493 e. The summed E-state index contributed by atoms with van der Waals surface area (Å²) in [5.41, 5.74) is 2.46. The molecule has 0 amide bonds. The first-order valence-electron chi connectivity index (χ1n) is 9.00. The maximum absolute atomic E-state index is 12.1. The number of aryl methyl sites for hydroxylation is 1. The minimum atomic E-state index is -0.482. The van der Waals surface area contributed by atoms with E-state index in [1.807, 2.05) is 19.9 Å². The van der Waals surface area contributed by atoms with Crippen LogP contribution in [0.1, 0.15) is 23.6 Å². The summed E-state index contributed by atoms with van der Waals surface area (Å²) in [6.45, 7) is 4.36. The van der Waals surface area contributed by atoms with Crippen LogP contribution in [0.5, 0.6) is 23.0 Å². The van der Waals surface area contributed by atoms with E-state index in [4.69, 9.17) is 35.3 Å². The fourth-order valence-corrected chi connectivity index (χ4v) is 2.98. The van der Waals surface area contributed by atoms with Crippen molar-refractivity contribution < 1.29 is 28.5 Å². The van der Waals surface area contributed by atoms with E-state index in [1.165, 1.54) is 13.2 Å². The molecule has 0 aliphatic rings. The highest BCUT2D eigenvalue weighted by Crippen LogP contribution is 2.36. The molecule has 0 N–H and O–H groups in total. The van der Waals surface area contributed by atoms with E-state index in [0.29, 0.717) is 40.2 Å². The van der Waals surface area contributed by atoms with Gasteiger partial charge in [0.1, 0.15) is 6.61 Å². The van der Waals surface area contributed by atoms with Gasteiger partial charge in [-0.25, -0.2) is 4.79 Å². The summed E-state index contributed by atoms with van der Waals surface area (Å²) in [7, 11) is 4.65. The van der Waals surface area contributed by atoms with E-state index in [-0.39, 0.29) is 6.61 Å². The Kier molecular flexibility index (Phi) is 8.21. The number of carbonyl (C=O) groups excluding carboxylic acids is 1. The summed E-state index contributed by atoms with van der Waals surface area (Å²) in [6.07, 6.45) is 2.95. The van der Waals surface area contributed by atoms with E-state index < -0.39 is 5.97 Å². The van der Waals surface area contributed by atoms with Crippen molar-refractivity contribution in [2.45, 2.75) is 20.5 Å². The van der Waals surface area contributed by atoms with Gasteiger partial charge in [-0.1, -0.05) is 11.6 Å². The van der Waals surface area contributed by atoms with E-state index in [9.17, 15) is 4.79 Å². The number of hydrogen-bond donors (Lipinski definition) is 0. The molecular weight excluding hydrogens is 396 g/mol. The van der Waals surface area contributed by atoms with Crippen LogP contribution in [0.25, 0.3) is 6.08 Å². The SMILES string of the molecule is CCOc1cc(/C=C/C(=O)OCc2cc(OC)c(OC)cc2C)cc(Cl)c1OC. The molecule has 0 saturated carbocycles. The Balaban J connectivity index is 2.09. The van der Waals surface area contributed by atoms with Crippen LogP contribution in [0, 0.1) is 6.92 Å². The lowest BCUT2D eigenvalue weighted by Gasteiger charge is -2.13. The summed E-state index contributed by atoms with van der Waals surface area (Å²) >= 11 is 6.22. The normalized spacial score (nSPS) is 10.7. The molecule has 0 aliphatic carbocycles. The number of esters is 1. The van der Waals surface area contributed by atoms with E-state index in [2.05, 4.69) is 0 Å².